The highest BCUT2D eigenvalue weighted by Crippen LogP contribution is 2.39. The molecule has 2 aliphatic carbocycles. The van der Waals surface area contributed by atoms with Gasteiger partial charge >= 0.3 is 5.97 Å². The molecule has 1 atom stereocenters. The molecule has 0 aromatic heterocycles. The van der Waals surface area contributed by atoms with Crippen molar-refractivity contribution in [2.75, 3.05) is 6.54 Å². The minimum Gasteiger partial charge on any atom is -0.480 e. The molecular weight excluding hydrogens is 233 g/mol. The van der Waals surface area contributed by atoms with Crippen LogP contribution in [0.5, 0.6) is 0 Å². The first-order chi connectivity index (χ1) is 8.63. The number of carbonyl (C=O) groups is 1. The molecule has 4 heteroatoms. The van der Waals surface area contributed by atoms with Gasteiger partial charge in [0, 0.05) is 0 Å². The van der Waals surface area contributed by atoms with E-state index in [9.17, 15) is 14.3 Å². The summed E-state index contributed by atoms with van der Waals surface area (Å²) in [7, 11) is 0. The molecule has 0 spiro atoms. The molecule has 2 aliphatic rings. The lowest BCUT2D eigenvalue weighted by atomic mass is 9.91. The van der Waals surface area contributed by atoms with Gasteiger partial charge in [0.25, 0.3) is 0 Å². The first-order valence-corrected chi connectivity index (χ1v) is 6.40. The molecule has 2 N–H and O–H groups in total. The lowest BCUT2D eigenvalue weighted by Gasteiger charge is -2.27. The van der Waals surface area contributed by atoms with Gasteiger partial charge in [-0.15, -0.1) is 0 Å². The van der Waals surface area contributed by atoms with Gasteiger partial charge in [-0.3, -0.25) is 5.32 Å². The highest BCUT2D eigenvalue weighted by Gasteiger charge is 2.46. The van der Waals surface area contributed by atoms with Crippen molar-refractivity contribution in [1.29, 1.82) is 0 Å². The van der Waals surface area contributed by atoms with Crippen molar-refractivity contribution >= 4 is 5.97 Å². The van der Waals surface area contributed by atoms with Gasteiger partial charge in [-0.25, -0.2) is 9.18 Å². The van der Waals surface area contributed by atoms with Crippen molar-refractivity contribution < 1.29 is 14.3 Å². The SMILES string of the molecule is O=C(O)C1(NCC2CC2)CCc2c(F)cccc21. The van der Waals surface area contributed by atoms with Crippen LogP contribution in [0.25, 0.3) is 0 Å². The summed E-state index contributed by atoms with van der Waals surface area (Å²) in [6.07, 6.45) is 3.26. The van der Waals surface area contributed by atoms with Crippen molar-refractivity contribution in [2.24, 2.45) is 5.92 Å². The van der Waals surface area contributed by atoms with Crippen LogP contribution in [0.2, 0.25) is 0 Å². The number of rotatable bonds is 4. The van der Waals surface area contributed by atoms with Crippen molar-refractivity contribution in [1.82, 2.24) is 5.32 Å². The number of hydrogen-bond donors (Lipinski definition) is 2. The Bertz CT molecular complexity index is 499. The Labute approximate surface area is 105 Å². The third-order valence-electron chi connectivity index (χ3n) is 4.08. The summed E-state index contributed by atoms with van der Waals surface area (Å²) < 4.78 is 13.7. The van der Waals surface area contributed by atoms with Gasteiger partial charge in [-0.2, -0.15) is 0 Å². The van der Waals surface area contributed by atoms with Gasteiger partial charge < -0.3 is 5.11 Å². The largest absolute Gasteiger partial charge is 0.480 e. The fourth-order valence-corrected chi connectivity index (χ4v) is 2.78. The van der Waals surface area contributed by atoms with E-state index >= 15 is 0 Å². The molecule has 0 aliphatic heterocycles. The molecule has 1 unspecified atom stereocenters. The minimum absolute atomic E-state index is 0.288. The molecule has 1 saturated carbocycles. The first-order valence-electron chi connectivity index (χ1n) is 6.40. The molecule has 3 nitrogen and oxygen atoms in total. The van der Waals surface area contributed by atoms with E-state index in [1.165, 1.54) is 18.9 Å². The second-order valence-electron chi connectivity index (χ2n) is 5.30. The van der Waals surface area contributed by atoms with Crippen LogP contribution in [0.3, 0.4) is 0 Å². The number of benzene rings is 1. The van der Waals surface area contributed by atoms with Gasteiger partial charge in [0.2, 0.25) is 0 Å². The predicted octanol–water partition coefficient (Wildman–Crippen LogP) is 2.05. The van der Waals surface area contributed by atoms with Crippen LogP contribution in [0.1, 0.15) is 30.4 Å². The average molecular weight is 249 g/mol. The van der Waals surface area contributed by atoms with E-state index in [0.29, 0.717) is 36.4 Å². The summed E-state index contributed by atoms with van der Waals surface area (Å²) in [6, 6.07) is 4.73. The third kappa shape index (κ3) is 1.72. The molecule has 0 amide bonds. The lowest BCUT2D eigenvalue weighted by molar-refractivity contribution is -0.145. The fourth-order valence-electron chi connectivity index (χ4n) is 2.78. The zero-order chi connectivity index (χ0) is 12.8. The number of aliphatic carboxylic acids is 1. The summed E-state index contributed by atoms with van der Waals surface area (Å²) in [4.78, 5) is 11.6. The first kappa shape index (κ1) is 11.7. The predicted molar refractivity (Wildman–Crippen MR) is 64.8 cm³/mol. The summed E-state index contributed by atoms with van der Waals surface area (Å²) in [5.74, 6) is -0.588. The van der Waals surface area contributed by atoms with Crippen molar-refractivity contribution in [3.63, 3.8) is 0 Å². The summed E-state index contributed by atoms with van der Waals surface area (Å²) in [5.41, 5.74) is 0.0823. The Balaban J connectivity index is 1.96. The minimum atomic E-state index is -1.08. The maximum atomic E-state index is 13.7. The fraction of sp³-hybridized carbons (Fsp3) is 0.500. The number of nitrogens with one attached hydrogen (secondary N) is 1. The van der Waals surface area contributed by atoms with E-state index in [-0.39, 0.29) is 5.82 Å². The monoisotopic (exact) mass is 249 g/mol. The number of hydrogen-bond acceptors (Lipinski definition) is 2. The smallest absolute Gasteiger partial charge is 0.328 e. The molecule has 0 bridgehead atoms. The molecule has 0 heterocycles. The Morgan fingerprint density at radius 2 is 2.28 bits per heavy atom. The Morgan fingerprint density at radius 1 is 1.50 bits per heavy atom. The van der Waals surface area contributed by atoms with Crippen molar-refractivity contribution in [3.05, 3.63) is 35.1 Å². The Hall–Kier alpha value is -1.42. The quantitative estimate of drug-likeness (QED) is 0.858. The normalized spacial score (nSPS) is 26.1. The van der Waals surface area contributed by atoms with E-state index in [4.69, 9.17) is 0 Å². The molecule has 1 aromatic rings. The van der Waals surface area contributed by atoms with E-state index < -0.39 is 11.5 Å². The maximum Gasteiger partial charge on any atom is 0.328 e. The molecule has 0 radical (unpaired) electrons. The second kappa shape index (κ2) is 4.05. The van der Waals surface area contributed by atoms with E-state index in [0.717, 1.165) is 0 Å². The van der Waals surface area contributed by atoms with E-state index in [1.807, 2.05) is 0 Å². The lowest BCUT2D eigenvalue weighted by Crippen LogP contribution is -2.48. The van der Waals surface area contributed by atoms with Crippen LogP contribution in [-0.4, -0.2) is 17.6 Å². The number of halogens is 1. The Morgan fingerprint density at radius 3 is 2.94 bits per heavy atom. The summed E-state index contributed by atoms with van der Waals surface area (Å²) in [5, 5.41) is 12.7. The van der Waals surface area contributed by atoms with Crippen molar-refractivity contribution in [3.8, 4) is 0 Å². The van der Waals surface area contributed by atoms with E-state index in [1.54, 1.807) is 12.1 Å². The van der Waals surface area contributed by atoms with Gasteiger partial charge in [-0.1, -0.05) is 12.1 Å². The average Bonchev–Trinajstić information content (AvgIpc) is 3.08. The van der Waals surface area contributed by atoms with Crippen LogP contribution < -0.4 is 5.32 Å². The van der Waals surface area contributed by atoms with Gasteiger partial charge in [0.1, 0.15) is 11.4 Å². The number of carboxylic acid groups (broad SMARTS) is 1. The molecule has 0 saturated heterocycles. The molecule has 1 fully saturated rings. The highest BCUT2D eigenvalue weighted by atomic mass is 19.1. The van der Waals surface area contributed by atoms with Crippen LogP contribution in [0.15, 0.2) is 18.2 Å². The molecule has 96 valence electrons. The highest BCUT2D eigenvalue weighted by molar-refractivity contribution is 5.82. The third-order valence-corrected chi connectivity index (χ3v) is 4.08. The Kier molecular flexibility index (Phi) is 2.63. The van der Waals surface area contributed by atoms with E-state index in [2.05, 4.69) is 5.32 Å². The summed E-state index contributed by atoms with van der Waals surface area (Å²) in [6.45, 7) is 0.711. The number of fused-ring (bicyclic) bond motifs is 1. The summed E-state index contributed by atoms with van der Waals surface area (Å²) >= 11 is 0. The van der Waals surface area contributed by atoms with Crippen LogP contribution >= 0.6 is 0 Å². The van der Waals surface area contributed by atoms with Gasteiger partial charge in [0.15, 0.2) is 0 Å². The molecule has 18 heavy (non-hydrogen) atoms. The van der Waals surface area contributed by atoms with Crippen LogP contribution in [0.4, 0.5) is 4.39 Å². The topological polar surface area (TPSA) is 49.3 Å². The van der Waals surface area contributed by atoms with Crippen molar-refractivity contribution in [2.45, 2.75) is 31.2 Å². The molecule has 1 aromatic carbocycles. The molecular formula is C14H16FNO2. The standard InChI is InChI=1S/C14H16FNO2/c15-12-3-1-2-11-10(12)6-7-14(11,13(17)18)16-8-9-4-5-9/h1-3,9,16H,4-8H2,(H,17,18). The van der Waals surface area contributed by atoms with Gasteiger partial charge in [0.05, 0.1) is 0 Å². The van der Waals surface area contributed by atoms with Gasteiger partial charge in [-0.05, 0) is 55.3 Å². The maximum absolute atomic E-state index is 13.7. The zero-order valence-electron chi connectivity index (χ0n) is 10.1. The second-order valence-corrected chi connectivity index (χ2v) is 5.30. The zero-order valence-corrected chi connectivity index (χ0v) is 10.1. The van der Waals surface area contributed by atoms with Crippen LogP contribution in [-0.2, 0) is 16.8 Å². The molecule has 3 rings (SSSR count). The van der Waals surface area contributed by atoms with Crippen LogP contribution in [0, 0.1) is 11.7 Å². The number of carboxylic acids is 1.